The van der Waals surface area contributed by atoms with Crippen LogP contribution in [-0.4, -0.2) is 37.3 Å². The molecule has 2 aliphatic rings. The summed E-state index contributed by atoms with van der Waals surface area (Å²) in [5.74, 6) is 1.30. The van der Waals surface area contributed by atoms with Gasteiger partial charge in [0.15, 0.2) is 5.78 Å². The van der Waals surface area contributed by atoms with E-state index in [-0.39, 0.29) is 11.9 Å². The molecule has 0 aromatic heterocycles. The normalized spacial score (nSPS) is 23.4. The van der Waals surface area contributed by atoms with Gasteiger partial charge in [-0.05, 0) is 36.3 Å². The van der Waals surface area contributed by atoms with Crippen molar-refractivity contribution in [1.82, 2.24) is 5.32 Å². The van der Waals surface area contributed by atoms with Crippen LogP contribution in [0.1, 0.15) is 22.3 Å². The van der Waals surface area contributed by atoms with Crippen LogP contribution in [0.25, 0.3) is 0 Å². The van der Waals surface area contributed by atoms with Gasteiger partial charge in [0, 0.05) is 23.5 Å². The van der Waals surface area contributed by atoms with E-state index in [0.717, 1.165) is 18.5 Å². The number of carbonyl (C=O) groups excluding carboxylic acids is 1. The summed E-state index contributed by atoms with van der Waals surface area (Å²) in [4.78, 5) is 13.6. The zero-order valence-corrected chi connectivity index (χ0v) is 11.1. The van der Waals surface area contributed by atoms with E-state index in [1.165, 1.54) is 22.6 Å². The van der Waals surface area contributed by atoms with Gasteiger partial charge in [-0.25, -0.2) is 0 Å². The Hall–Kier alpha value is -0.840. The lowest BCUT2D eigenvalue weighted by atomic mass is 10.0. The number of Topliss-reactive ketones (excluding diaryl/α,β-unsaturated/α-hetero) is 1. The number of hydrogen-bond donors (Lipinski definition) is 1. The Morgan fingerprint density at radius 1 is 1.44 bits per heavy atom. The van der Waals surface area contributed by atoms with E-state index >= 15 is 0 Å². The van der Waals surface area contributed by atoms with E-state index in [2.05, 4.69) is 17.4 Å². The Bertz CT molecular complexity index is 455. The smallest absolute Gasteiger partial charge is 0.192 e. The van der Waals surface area contributed by atoms with Crippen molar-refractivity contribution in [2.24, 2.45) is 0 Å². The van der Waals surface area contributed by atoms with Crippen molar-refractivity contribution in [2.75, 3.05) is 25.4 Å². The number of nitrogens with one attached hydrogen (secondary N) is 1. The fraction of sp³-hybridized carbons (Fsp3) is 0.500. The van der Waals surface area contributed by atoms with E-state index in [4.69, 9.17) is 4.74 Å². The van der Waals surface area contributed by atoms with Gasteiger partial charge >= 0.3 is 0 Å². The van der Waals surface area contributed by atoms with Gasteiger partial charge in [0.1, 0.15) is 6.10 Å². The van der Waals surface area contributed by atoms with E-state index in [9.17, 15) is 4.79 Å². The number of carbonyl (C=O) groups is 1. The number of ketones is 1. The minimum absolute atomic E-state index is 0.112. The van der Waals surface area contributed by atoms with Crippen molar-refractivity contribution in [2.45, 2.75) is 23.8 Å². The van der Waals surface area contributed by atoms with Crippen molar-refractivity contribution < 1.29 is 9.53 Å². The molecule has 1 N–H and O–H groups in total. The first-order chi connectivity index (χ1) is 8.84. The SMILES string of the molecule is O=C(c1ccc2c(c1)CCCS2)C1CNCCO1. The molecule has 0 bridgehead atoms. The maximum absolute atomic E-state index is 12.3. The summed E-state index contributed by atoms with van der Waals surface area (Å²) in [7, 11) is 0. The standard InChI is InChI=1S/C14H17NO2S/c16-14(12-9-15-5-6-17-12)11-3-4-13-10(8-11)2-1-7-18-13/h3-4,8,12,15H,1-2,5-7,9H2. The lowest BCUT2D eigenvalue weighted by molar-refractivity contribution is 0.0269. The van der Waals surface area contributed by atoms with Crippen LogP contribution < -0.4 is 5.32 Å². The summed E-state index contributed by atoms with van der Waals surface area (Å²) in [6.07, 6.45) is 1.98. The molecular weight excluding hydrogens is 246 g/mol. The van der Waals surface area contributed by atoms with Crippen LogP contribution in [-0.2, 0) is 11.2 Å². The maximum Gasteiger partial charge on any atom is 0.192 e. The molecule has 0 radical (unpaired) electrons. The lowest BCUT2D eigenvalue weighted by Gasteiger charge is -2.23. The van der Waals surface area contributed by atoms with Crippen molar-refractivity contribution in [3.05, 3.63) is 29.3 Å². The minimum Gasteiger partial charge on any atom is -0.367 e. The first-order valence-corrected chi connectivity index (χ1v) is 7.45. The summed E-state index contributed by atoms with van der Waals surface area (Å²) >= 11 is 1.89. The molecule has 1 aromatic carbocycles. The highest BCUT2D eigenvalue weighted by atomic mass is 32.2. The third-order valence-electron chi connectivity index (χ3n) is 3.41. The van der Waals surface area contributed by atoms with Crippen LogP contribution in [0, 0.1) is 0 Å². The van der Waals surface area contributed by atoms with Crippen LogP contribution in [0.3, 0.4) is 0 Å². The number of rotatable bonds is 2. The van der Waals surface area contributed by atoms with Gasteiger partial charge in [0.2, 0.25) is 0 Å². The molecule has 2 heterocycles. The Balaban J connectivity index is 1.80. The van der Waals surface area contributed by atoms with Gasteiger partial charge in [0.05, 0.1) is 6.61 Å². The predicted octanol–water partition coefficient (Wildman–Crippen LogP) is 1.90. The molecule has 1 saturated heterocycles. The average Bonchev–Trinajstić information content (AvgIpc) is 2.47. The van der Waals surface area contributed by atoms with E-state index in [0.29, 0.717) is 13.2 Å². The Labute approximate surface area is 111 Å². The predicted molar refractivity (Wildman–Crippen MR) is 72.4 cm³/mol. The Morgan fingerprint density at radius 3 is 3.22 bits per heavy atom. The molecule has 0 amide bonds. The molecule has 1 fully saturated rings. The van der Waals surface area contributed by atoms with Crippen molar-refractivity contribution in [1.29, 1.82) is 0 Å². The second-order valence-corrected chi connectivity index (χ2v) is 5.84. The molecule has 1 unspecified atom stereocenters. The van der Waals surface area contributed by atoms with Gasteiger partial charge in [-0.2, -0.15) is 0 Å². The molecule has 18 heavy (non-hydrogen) atoms. The number of thioether (sulfide) groups is 1. The maximum atomic E-state index is 12.3. The molecule has 96 valence electrons. The molecule has 3 nitrogen and oxygen atoms in total. The molecule has 1 aromatic rings. The Morgan fingerprint density at radius 2 is 2.39 bits per heavy atom. The zero-order chi connectivity index (χ0) is 12.4. The van der Waals surface area contributed by atoms with Crippen LogP contribution in [0.15, 0.2) is 23.1 Å². The summed E-state index contributed by atoms with van der Waals surface area (Å²) in [6, 6.07) is 6.09. The second-order valence-electron chi connectivity index (χ2n) is 4.70. The first-order valence-electron chi connectivity index (χ1n) is 6.47. The van der Waals surface area contributed by atoms with E-state index < -0.39 is 0 Å². The monoisotopic (exact) mass is 263 g/mol. The topological polar surface area (TPSA) is 38.3 Å². The summed E-state index contributed by atoms with van der Waals surface area (Å²) in [5, 5.41) is 3.20. The second kappa shape index (κ2) is 5.43. The average molecular weight is 263 g/mol. The molecule has 0 aliphatic carbocycles. The molecule has 1 atom stereocenters. The quantitative estimate of drug-likeness (QED) is 0.827. The minimum atomic E-state index is -0.312. The largest absolute Gasteiger partial charge is 0.367 e. The van der Waals surface area contributed by atoms with Crippen LogP contribution in [0.2, 0.25) is 0 Å². The number of ether oxygens (including phenoxy) is 1. The summed E-state index contributed by atoms with van der Waals surface area (Å²) in [5.41, 5.74) is 2.12. The molecule has 2 aliphatic heterocycles. The van der Waals surface area contributed by atoms with E-state index in [1.807, 2.05) is 17.8 Å². The highest BCUT2D eigenvalue weighted by Crippen LogP contribution is 2.30. The summed E-state index contributed by atoms with van der Waals surface area (Å²) < 4.78 is 5.52. The van der Waals surface area contributed by atoms with Crippen molar-refractivity contribution >= 4 is 17.5 Å². The molecule has 4 heteroatoms. The third kappa shape index (κ3) is 2.46. The highest BCUT2D eigenvalue weighted by molar-refractivity contribution is 7.99. The highest BCUT2D eigenvalue weighted by Gasteiger charge is 2.24. The molecule has 0 saturated carbocycles. The fourth-order valence-corrected chi connectivity index (χ4v) is 3.45. The molecular formula is C14H17NO2S. The summed E-state index contributed by atoms with van der Waals surface area (Å²) in [6.45, 7) is 2.09. The van der Waals surface area contributed by atoms with Gasteiger partial charge in [-0.3, -0.25) is 4.79 Å². The number of aryl methyl sites for hydroxylation is 1. The van der Waals surface area contributed by atoms with Gasteiger partial charge in [-0.15, -0.1) is 11.8 Å². The lowest BCUT2D eigenvalue weighted by Crippen LogP contribution is -2.43. The number of fused-ring (bicyclic) bond motifs is 1. The molecule has 3 rings (SSSR count). The van der Waals surface area contributed by atoms with Crippen LogP contribution in [0.4, 0.5) is 0 Å². The first kappa shape index (κ1) is 12.2. The Kier molecular flexibility index (Phi) is 3.68. The van der Waals surface area contributed by atoms with Gasteiger partial charge < -0.3 is 10.1 Å². The number of morpholine rings is 1. The van der Waals surface area contributed by atoms with Gasteiger partial charge in [0.25, 0.3) is 0 Å². The number of benzene rings is 1. The zero-order valence-electron chi connectivity index (χ0n) is 10.3. The van der Waals surface area contributed by atoms with Crippen molar-refractivity contribution in [3.63, 3.8) is 0 Å². The van der Waals surface area contributed by atoms with Gasteiger partial charge in [-0.1, -0.05) is 6.07 Å². The third-order valence-corrected chi connectivity index (χ3v) is 4.62. The number of hydrogen-bond acceptors (Lipinski definition) is 4. The fourth-order valence-electron chi connectivity index (χ4n) is 2.43. The van der Waals surface area contributed by atoms with E-state index in [1.54, 1.807) is 0 Å². The van der Waals surface area contributed by atoms with Crippen LogP contribution in [0.5, 0.6) is 0 Å². The molecule has 0 spiro atoms. The van der Waals surface area contributed by atoms with Crippen molar-refractivity contribution in [3.8, 4) is 0 Å². The van der Waals surface area contributed by atoms with Crippen LogP contribution >= 0.6 is 11.8 Å².